The van der Waals surface area contributed by atoms with E-state index in [1.54, 1.807) is 25.1 Å². The number of allylic oxidation sites excluding steroid dienone is 2. The van der Waals surface area contributed by atoms with Crippen LogP contribution >= 0.6 is 0 Å². The summed E-state index contributed by atoms with van der Waals surface area (Å²) in [6.07, 6.45) is 17.5. The van der Waals surface area contributed by atoms with Crippen molar-refractivity contribution in [3.05, 3.63) is 70.1 Å². The topological polar surface area (TPSA) is 0 Å². The van der Waals surface area contributed by atoms with Gasteiger partial charge in [0.25, 0.3) is 0 Å². The van der Waals surface area contributed by atoms with Gasteiger partial charge in [-0.3, -0.25) is 0 Å². The van der Waals surface area contributed by atoms with Crippen LogP contribution in [0, 0.1) is 29.3 Å². The Morgan fingerprint density at radius 3 is 2.24 bits per heavy atom. The zero-order valence-electron chi connectivity index (χ0n) is 20.9. The van der Waals surface area contributed by atoms with Gasteiger partial charge in [-0.15, -0.1) is 0 Å². The molecule has 0 spiro atoms. The summed E-state index contributed by atoms with van der Waals surface area (Å²) in [5, 5.41) is 0. The Labute approximate surface area is 203 Å². The molecule has 2 aromatic carbocycles. The quantitative estimate of drug-likeness (QED) is 0.254. The van der Waals surface area contributed by atoms with Gasteiger partial charge in [-0.1, -0.05) is 89.0 Å². The molecule has 0 atom stereocenters. The Hall–Kier alpha value is -2.03. The standard InChI is InChI=1S/C31H39F3/c1-3-5-6-7-21-8-10-22(11-9-21)12-13-23-14-15-25-19-28(29(32)20-26(25)18-23)27-17-16-24(4-2)30(33)31(27)34/h14,16-17,19-22H,3-13,15,18H2,1-2H3. The lowest BCUT2D eigenvalue weighted by Gasteiger charge is -2.29. The van der Waals surface area contributed by atoms with Crippen molar-refractivity contribution in [3.8, 4) is 11.1 Å². The van der Waals surface area contributed by atoms with E-state index in [9.17, 15) is 8.78 Å². The Morgan fingerprint density at radius 1 is 0.794 bits per heavy atom. The van der Waals surface area contributed by atoms with Crippen molar-refractivity contribution < 1.29 is 13.2 Å². The molecule has 3 heteroatoms. The van der Waals surface area contributed by atoms with Crippen LogP contribution in [-0.2, 0) is 19.3 Å². The summed E-state index contributed by atoms with van der Waals surface area (Å²) in [7, 11) is 0. The first kappa shape index (κ1) is 25.1. The average molecular weight is 469 g/mol. The van der Waals surface area contributed by atoms with Gasteiger partial charge in [0, 0.05) is 11.1 Å². The van der Waals surface area contributed by atoms with Crippen molar-refractivity contribution in [3.63, 3.8) is 0 Å². The van der Waals surface area contributed by atoms with Crippen molar-refractivity contribution in [1.29, 1.82) is 0 Å². The molecule has 1 saturated carbocycles. The number of hydrogen-bond donors (Lipinski definition) is 0. The molecule has 34 heavy (non-hydrogen) atoms. The smallest absolute Gasteiger partial charge is 0.167 e. The molecular weight excluding hydrogens is 429 g/mol. The largest absolute Gasteiger partial charge is 0.206 e. The third-order valence-electron chi connectivity index (χ3n) is 8.21. The first-order valence-electron chi connectivity index (χ1n) is 13.5. The third kappa shape index (κ3) is 5.78. The van der Waals surface area contributed by atoms with Gasteiger partial charge in [-0.2, -0.15) is 0 Å². The summed E-state index contributed by atoms with van der Waals surface area (Å²) in [6.45, 7) is 4.05. The van der Waals surface area contributed by atoms with Gasteiger partial charge in [-0.05, 0) is 72.8 Å². The van der Waals surface area contributed by atoms with Crippen LogP contribution in [0.2, 0.25) is 0 Å². The molecule has 2 aromatic rings. The van der Waals surface area contributed by atoms with E-state index in [2.05, 4.69) is 13.0 Å². The van der Waals surface area contributed by atoms with Crippen LogP contribution in [0.1, 0.15) is 94.7 Å². The maximum absolute atomic E-state index is 15.0. The van der Waals surface area contributed by atoms with Crippen LogP contribution in [0.4, 0.5) is 13.2 Å². The van der Waals surface area contributed by atoms with Gasteiger partial charge in [0.2, 0.25) is 0 Å². The minimum Gasteiger partial charge on any atom is -0.206 e. The summed E-state index contributed by atoms with van der Waals surface area (Å²) in [6, 6.07) is 6.33. The molecule has 0 nitrogen and oxygen atoms in total. The molecule has 0 saturated heterocycles. The first-order valence-corrected chi connectivity index (χ1v) is 13.5. The van der Waals surface area contributed by atoms with Crippen LogP contribution in [-0.4, -0.2) is 0 Å². The Bertz CT molecular complexity index is 1010. The van der Waals surface area contributed by atoms with E-state index in [1.807, 2.05) is 0 Å². The second-order valence-electron chi connectivity index (χ2n) is 10.5. The highest BCUT2D eigenvalue weighted by Crippen LogP contribution is 2.37. The second kappa shape index (κ2) is 11.6. The zero-order valence-corrected chi connectivity index (χ0v) is 20.9. The van der Waals surface area contributed by atoms with Crippen LogP contribution in [0.25, 0.3) is 11.1 Å². The number of aryl methyl sites for hydroxylation is 1. The highest BCUT2D eigenvalue weighted by molar-refractivity contribution is 5.67. The van der Waals surface area contributed by atoms with Gasteiger partial charge in [-0.25, -0.2) is 13.2 Å². The lowest BCUT2D eigenvalue weighted by atomic mass is 9.77. The summed E-state index contributed by atoms with van der Waals surface area (Å²) in [4.78, 5) is 0. The lowest BCUT2D eigenvalue weighted by molar-refractivity contribution is 0.249. The van der Waals surface area contributed by atoms with Crippen LogP contribution in [0.5, 0.6) is 0 Å². The Kier molecular flexibility index (Phi) is 8.55. The number of unbranched alkanes of at least 4 members (excludes halogenated alkanes) is 2. The highest BCUT2D eigenvalue weighted by Gasteiger charge is 2.23. The van der Waals surface area contributed by atoms with Gasteiger partial charge in [0.05, 0.1) is 0 Å². The fourth-order valence-corrected chi connectivity index (χ4v) is 5.93. The van der Waals surface area contributed by atoms with Crippen molar-refractivity contribution >= 4 is 0 Å². The second-order valence-corrected chi connectivity index (χ2v) is 10.5. The van der Waals surface area contributed by atoms with E-state index in [0.29, 0.717) is 12.0 Å². The van der Waals surface area contributed by atoms with E-state index < -0.39 is 17.5 Å². The minimum absolute atomic E-state index is 0.00933. The van der Waals surface area contributed by atoms with E-state index in [4.69, 9.17) is 0 Å². The number of benzene rings is 2. The maximum atomic E-state index is 15.0. The fourth-order valence-electron chi connectivity index (χ4n) is 5.93. The summed E-state index contributed by atoms with van der Waals surface area (Å²) < 4.78 is 43.9. The number of hydrogen-bond acceptors (Lipinski definition) is 0. The van der Waals surface area contributed by atoms with E-state index >= 15 is 4.39 Å². The average Bonchev–Trinajstić information content (AvgIpc) is 2.85. The monoisotopic (exact) mass is 468 g/mol. The predicted molar refractivity (Wildman–Crippen MR) is 135 cm³/mol. The molecular formula is C31H39F3. The molecule has 0 unspecified atom stereocenters. The highest BCUT2D eigenvalue weighted by atomic mass is 19.2. The minimum atomic E-state index is -0.953. The number of fused-ring (bicyclic) bond motifs is 1. The van der Waals surface area contributed by atoms with Gasteiger partial charge in [0.15, 0.2) is 11.6 Å². The fraction of sp³-hybridized carbons (Fsp3) is 0.548. The predicted octanol–water partition coefficient (Wildman–Crippen LogP) is 9.53. The van der Waals surface area contributed by atoms with Gasteiger partial charge >= 0.3 is 0 Å². The molecule has 4 rings (SSSR count). The number of halogens is 3. The molecule has 0 amide bonds. The maximum Gasteiger partial charge on any atom is 0.167 e. The van der Waals surface area contributed by atoms with E-state index in [0.717, 1.165) is 42.2 Å². The van der Waals surface area contributed by atoms with Crippen molar-refractivity contribution in [2.45, 2.75) is 97.3 Å². The Balaban J connectivity index is 1.35. The van der Waals surface area contributed by atoms with Crippen molar-refractivity contribution in [1.82, 2.24) is 0 Å². The van der Waals surface area contributed by atoms with Crippen LogP contribution in [0.15, 0.2) is 35.9 Å². The zero-order chi connectivity index (χ0) is 24.1. The Morgan fingerprint density at radius 2 is 1.53 bits per heavy atom. The normalized spacial score (nSPS) is 20.2. The molecule has 0 radical (unpaired) electrons. The first-order chi connectivity index (χ1) is 16.5. The summed E-state index contributed by atoms with van der Waals surface area (Å²) in [5.74, 6) is -0.520. The van der Waals surface area contributed by atoms with Crippen molar-refractivity contribution in [2.24, 2.45) is 11.8 Å². The summed E-state index contributed by atoms with van der Waals surface area (Å²) in [5.41, 5.74) is 3.89. The number of rotatable bonds is 9. The van der Waals surface area contributed by atoms with E-state index in [1.165, 1.54) is 69.4 Å². The molecule has 0 N–H and O–H groups in total. The molecule has 0 bridgehead atoms. The molecule has 1 fully saturated rings. The molecule has 2 aliphatic carbocycles. The molecule has 184 valence electrons. The SMILES string of the molecule is CCCCCC1CCC(CCC2=CCc3cc(-c4ccc(CC)c(F)c4F)c(F)cc3C2)CC1. The lowest BCUT2D eigenvalue weighted by Crippen LogP contribution is -2.15. The van der Waals surface area contributed by atoms with Gasteiger partial charge in [0.1, 0.15) is 5.82 Å². The van der Waals surface area contributed by atoms with Gasteiger partial charge < -0.3 is 0 Å². The van der Waals surface area contributed by atoms with Crippen LogP contribution < -0.4 is 0 Å². The molecule has 0 aromatic heterocycles. The molecule has 0 heterocycles. The third-order valence-corrected chi connectivity index (χ3v) is 8.21. The molecule has 2 aliphatic rings. The van der Waals surface area contributed by atoms with Crippen LogP contribution in [0.3, 0.4) is 0 Å². The summed E-state index contributed by atoms with van der Waals surface area (Å²) >= 11 is 0. The van der Waals surface area contributed by atoms with E-state index in [-0.39, 0.29) is 11.1 Å². The van der Waals surface area contributed by atoms with Crippen molar-refractivity contribution in [2.75, 3.05) is 0 Å². The molecule has 0 aliphatic heterocycles.